The number of thioether (sulfide) groups is 1. The molecule has 3 amide bonds. The standard InChI is InChI=1S/C25H35N9O6S/c1-11-20-19(12(2)28-18(36)8-33-10-27-30-31-33)24(38)34(20)21(25(39)40)22(11)41-15-4-16(26-5-15)23(37)32-6-13-3-14(9-35)29-17(13)7-32/h10-17,19-20,26,29,35H,3-9H2,1-2H3,(H,28,36)(H,39,40)/t11-,12?,13+,14+,15+,16+,17-,19-,20-/m1/s1. The minimum atomic E-state index is -1.15. The van der Waals surface area contributed by atoms with Crippen molar-refractivity contribution in [3.8, 4) is 0 Å². The summed E-state index contributed by atoms with van der Waals surface area (Å²) in [4.78, 5) is 55.2. The fourth-order valence-corrected chi connectivity index (χ4v) is 8.69. The number of aliphatic hydroxyl groups is 1. The zero-order valence-corrected chi connectivity index (χ0v) is 23.7. The predicted molar refractivity (Wildman–Crippen MR) is 144 cm³/mol. The Kier molecular flexibility index (Phi) is 7.50. The van der Waals surface area contributed by atoms with Crippen molar-refractivity contribution in [2.24, 2.45) is 17.8 Å². The number of rotatable bonds is 9. The molecule has 4 fully saturated rings. The molecule has 5 aliphatic heterocycles. The number of aliphatic carboxylic acids is 1. The lowest BCUT2D eigenvalue weighted by Crippen LogP contribution is -2.66. The highest BCUT2D eigenvalue weighted by molar-refractivity contribution is 8.03. The number of amides is 3. The van der Waals surface area contributed by atoms with E-state index in [1.165, 1.54) is 27.7 Å². The molecule has 4 saturated heterocycles. The van der Waals surface area contributed by atoms with E-state index < -0.39 is 17.9 Å². The van der Waals surface area contributed by atoms with Crippen molar-refractivity contribution < 1.29 is 29.4 Å². The van der Waals surface area contributed by atoms with Gasteiger partial charge in [0.15, 0.2) is 0 Å². The smallest absolute Gasteiger partial charge is 0.353 e. The number of fused-ring (bicyclic) bond motifs is 2. The molecule has 16 heteroatoms. The van der Waals surface area contributed by atoms with Gasteiger partial charge >= 0.3 is 5.97 Å². The summed E-state index contributed by atoms with van der Waals surface area (Å²) in [6.45, 7) is 5.56. The molecule has 222 valence electrons. The van der Waals surface area contributed by atoms with E-state index in [9.17, 15) is 29.4 Å². The van der Waals surface area contributed by atoms with E-state index >= 15 is 0 Å². The first kappa shape index (κ1) is 28.1. The molecule has 0 aliphatic carbocycles. The lowest BCUT2D eigenvalue weighted by atomic mass is 9.78. The van der Waals surface area contributed by atoms with Crippen LogP contribution >= 0.6 is 11.8 Å². The minimum Gasteiger partial charge on any atom is -0.477 e. The summed E-state index contributed by atoms with van der Waals surface area (Å²) in [5.41, 5.74) is 0.00706. The zero-order chi connectivity index (χ0) is 29.0. The van der Waals surface area contributed by atoms with Crippen molar-refractivity contribution in [3.63, 3.8) is 0 Å². The Labute approximate surface area is 240 Å². The van der Waals surface area contributed by atoms with Crippen LogP contribution in [0, 0.1) is 17.8 Å². The largest absolute Gasteiger partial charge is 0.477 e. The van der Waals surface area contributed by atoms with Crippen LogP contribution in [0.25, 0.3) is 0 Å². The SMILES string of the molecule is CC(NC(=O)Cn1cnnn1)[C@H]1C(=O)N2C(C(=O)O)=C(S[C@@H]3CN[C@H](C(=O)N4C[C@@H]5C[C@@H](CO)N[C@@H]5C4)C3)[C@H](C)[C@H]12. The molecule has 9 atom stereocenters. The van der Waals surface area contributed by atoms with Gasteiger partial charge in [-0.25, -0.2) is 9.48 Å². The van der Waals surface area contributed by atoms with Crippen LogP contribution in [0.2, 0.25) is 0 Å². The second-order valence-corrected chi connectivity index (χ2v) is 13.1. The number of β-lactam (4-membered cyclic amide) rings is 1. The van der Waals surface area contributed by atoms with Crippen molar-refractivity contribution in [1.82, 2.24) is 46.0 Å². The summed E-state index contributed by atoms with van der Waals surface area (Å²) in [6, 6.07) is -0.900. The van der Waals surface area contributed by atoms with Gasteiger partial charge in [0.25, 0.3) is 0 Å². The molecule has 6 heterocycles. The molecule has 6 rings (SSSR count). The molecule has 0 radical (unpaired) electrons. The maximum atomic E-state index is 13.3. The van der Waals surface area contributed by atoms with Gasteiger partial charge in [-0.05, 0) is 36.1 Å². The number of nitrogens with one attached hydrogen (secondary N) is 3. The molecule has 41 heavy (non-hydrogen) atoms. The van der Waals surface area contributed by atoms with Crippen LogP contribution < -0.4 is 16.0 Å². The van der Waals surface area contributed by atoms with Crippen LogP contribution in [0.15, 0.2) is 16.9 Å². The van der Waals surface area contributed by atoms with E-state index in [2.05, 4.69) is 31.5 Å². The third-order valence-corrected chi connectivity index (χ3v) is 10.6. The summed E-state index contributed by atoms with van der Waals surface area (Å²) in [7, 11) is 0. The van der Waals surface area contributed by atoms with Gasteiger partial charge < -0.3 is 36.0 Å². The second kappa shape index (κ2) is 11.0. The van der Waals surface area contributed by atoms with E-state index in [0.717, 1.165) is 6.42 Å². The normalized spacial score (nSPS) is 35.0. The third kappa shape index (κ3) is 5.00. The summed E-state index contributed by atoms with van der Waals surface area (Å²) >= 11 is 1.44. The molecule has 1 unspecified atom stereocenters. The van der Waals surface area contributed by atoms with E-state index in [1.807, 2.05) is 11.8 Å². The summed E-state index contributed by atoms with van der Waals surface area (Å²) in [5, 5.41) is 39.7. The van der Waals surface area contributed by atoms with Gasteiger partial charge in [-0.2, -0.15) is 0 Å². The zero-order valence-electron chi connectivity index (χ0n) is 22.8. The number of likely N-dealkylation sites (tertiary alicyclic amines) is 1. The molecule has 0 saturated carbocycles. The van der Waals surface area contributed by atoms with E-state index in [-0.39, 0.29) is 71.9 Å². The maximum Gasteiger partial charge on any atom is 0.353 e. The number of carbonyl (C=O) groups excluding carboxylic acids is 3. The Morgan fingerprint density at radius 3 is 2.76 bits per heavy atom. The fourth-order valence-electron chi connectivity index (χ4n) is 7.21. The lowest BCUT2D eigenvalue weighted by molar-refractivity contribution is -0.158. The molecule has 15 nitrogen and oxygen atoms in total. The number of aliphatic hydroxyl groups excluding tert-OH is 1. The van der Waals surface area contributed by atoms with Gasteiger partial charge in [0, 0.05) is 53.8 Å². The quantitative estimate of drug-likeness (QED) is 0.192. The Hall–Kier alpha value is -3.08. The van der Waals surface area contributed by atoms with Gasteiger partial charge in [0.2, 0.25) is 17.7 Å². The summed E-state index contributed by atoms with van der Waals surface area (Å²) in [5.74, 6) is -2.19. The topological polar surface area (TPSA) is 195 Å². The Bertz CT molecular complexity index is 1250. The number of aromatic nitrogens is 4. The van der Waals surface area contributed by atoms with Gasteiger partial charge in [-0.3, -0.25) is 14.4 Å². The molecular weight excluding hydrogens is 554 g/mol. The second-order valence-electron chi connectivity index (χ2n) is 11.7. The number of carboxylic acids is 1. The van der Waals surface area contributed by atoms with Crippen molar-refractivity contribution >= 4 is 35.5 Å². The van der Waals surface area contributed by atoms with E-state index in [0.29, 0.717) is 36.9 Å². The minimum absolute atomic E-state index is 0.00706. The first-order chi connectivity index (χ1) is 19.7. The van der Waals surface area contributed by atoms with Gasteiger partial charge in [-0.15, -0.1) is 16.9 Å². The molecule has 1 aromatic rings. The van der Waals surface area contributed by atoms with Gasteiger partial charge in [-0.1, -0.05) is 6.92 Å². The van der Waals surface area contributed by atoms with Crippen LogP contribution in [0.3, 0.4) is 0 Å². The first-order valence-corrected chi connectivity index (χ1v) is 14.9. The monoisotopic (exact) mass is 589 g/mol. The van der Waals surface area contributed by atoms with Crippen molar-refractivity contribution in [2.75, 3.05) is 26.2 Å². The molecular formula is C25H35N9O6S. The average molecular weight is 590 g/mol. The van der Waals surface area contributed by atoms with Crippen LogP contribution in [0.1, 0.15) is 26.7 Å². The van der Waals surface area contributed by atoms with Crippen LogP contribution in [-0.4, -0.2) is 126 Å². The molecule has 5 aliphatic rings. The van der Waals surface area contributed by atoms with Crippen LogP contribution in [-0.2, 0) is 25.7 Å². The van der Waals surface area contributed by atoms with E-state index in [4.69, 9.17) is 0 Å². The third-order valence-electron chi connectivity index (χ3n) is 9.11. The number of tetrazole rings is 1. The first-order valence-electron chi connectivity index (χ1n) is 14.0. The molecule has 0 bridgehead atoms. The predicted octanol–water partition coefficient (Wildman–Crippen LogP) is -2.40. The molecule has 1 aromatic heterocycles. The Morgan fingerprint density at radius 2 is 2.07 bits per heavy atom. The number of carbonyl (C=O) groups is 4. The summed E-state index contributed by atoms with van der Waals surface area (Å²) < 4.78 is 1.28. The highest BCUT2D eigenvalue weighted by Crippen LogP contribution is 2.52. The molecule has 5 N–H and O–H groups in total. The Morgan fingerprint density at radius 1 is 1.27 bits per heavy atom. The number of hydrogen-bond acceptors (Lipinski definition) is 11. The maximum absolute atomic E-state index is 13.3. The molecule has 0 aromatic carbocycles. The van der Waals surface area contributed by atoms with E-state index in [1.54, 1.807) is 6.92 Å². The van der Waals surface area contributed by atoms with Crippen LogP contribution in [0.5, 0.6) is 0 Å². The van der Waals surface area contributed by atoms with Crippen molar-refractivity contribution in [1.29, 1.82) is 0 Å². The number of carboxylic acid groups (broad SMARTS) is 1. The lowest BCUT2D eigenvalue weighted by Gasteiger charge is -2.47. The highest BCUT2D eigenvalue weighted by Gasteiger charge is 2.60. The highest BCUT2D eigenvalue weighted by atomic mass is 32.2. The number of nitrogens with zero attached hydrogens (tertiary/aromatic N) is 6. The van der Waals surface area contributed by atoms with Crippen molar-refractivity contribution in [2.45, 2.75) is 68.7 Å². The van der Waals surface area contributed by atoms with Crippen LogP contribution in [0.4, 0.5) is 0 Å². The Balaban J connectivity index is 1.07. The average Bonchev–Trinajstić information content (AvgIpc) is 3.73. The van der Waals surface area contributed by atoms with Crippen molar-refractivity contribution in [3.05, 3.63) is 16.9 Å². The summed E-state index contributed by atoms with van der Waals surface area (Å²) in [6.07, 6.45) is 2.75. The molecule has 0 spiro atoms. The van der Waals surface area contributed by atoms with Gasteiger partial charge in [0.05, 0.1) is 24.6 Å². The fraction of sp³-hybridized carbons (Fsp3) is 0.720. The number of hydrogen-bond donors (Lipinski definition) is 5. The van der Waals surface area contributed by atoms with Gasteiger partial charge in [0.1, 0.15) is 18.6 Å².